The van der Waals surface area contributed by atoms with Crippen LogP contribution in [0.4, 0.5) is 10.6 Å². The Morgan fingerprint density at radius 1 is 0.769 bits per heavy atom. The number of unbranched alkanes of at least 4 members (excludes halogenated alkanes) is 1. The fourth-order valence-corrected chi connectivity index (χ4v) is 12.5. The van der Waals surface area contributed by atoms with Crippen LogP contribution >= 0.6 is 23.1 Å². The van der Waals surface area contributed by atoms with Crippen LogP contribution in [0.3, 0.4) is 0 Å². The van der Waals surface area contributed by atoms with Crippen molar-refractivity contribution in [3.63, 3.8) is 0 Å². The molecule has 24 heteroatoms. The summed E-state index contributed by atoms with van der Waals surface area (Å²) in [6.45, 7) is 10.2. The van der Waals surface area contributed by atoms with Crippen molar-refractivity contribution in [2.75, 3.05) is 122 Å². The van der Waals surface area contributed by atoms with Gasteiger partial charge in [-0.1, -0.05) is 24.6 Å². The molecule has 4 saturated heterocycles. The zero-order valence-corrected chi connectivity index (χ0v) is 46.2. The lowest BCUT2D eigenvalue weighted by molar-refractivity contribution is -0.134. The number of aromatic amines is 1. The molecule has 3 aromatic heterocycles. The van der Waals surface area contributed by atoms with Crippen LogP contribution < -0.4 is 31.5 Å². The smallest absolute Gasteiger partial charge is 0.315 e. The van der Waals surface area contributed by atoms with E-state index in [-0.39, 0.29) is 79.8 Å². The monoisotopic (exact) mass is 1120 g/mol. The number of piperazine rings is 1. The lowest BCUT2D eigenvalue weighted by atomic mass is 10.0. The zero-order valence-electron chi connectivity index (χ0n) is 44.6. The number of rotatable bonds is 33. The average molecular weight is 1120 g/mol. The Kier molecular flexibility index (Phi) is 23.3. The van der Waals surface area contributed by atoms with Crippen molar-refractivity contribution in [1.29, 1.82) is 0 Å². The molecule has 4 aromatic rings. The van der Waals surface area contributed by atoms with Gasteiger partial charge in [0.15, 0.2) is 17.4 Å². The lowest BCUT2D eigenvalue weighted by Gasteiger charge is -2.34. The van der Waals surface area contributed by atoms with E-state index in [1.54, 1.807) is 17.4 Å². The van der Waals surface area contributed by atoms with Crippen molar-refractivity contribution in [2.45, 2.75) is 94.5 Å². The zero-order chi connectivity index (χ0) is 54.3. The second kappa shape index (κ2) is 31.1. The number of amides is 6. The predicted octanol–water partition coefficient (Wildman–Crippen LogP) is 3.70. The maximum Gasteiger partial charge on any atom is 0.315 e. The number of H-pyrrole nitrogens is 1. The summed E-state index contributed by atoms with van der Waals surface area (Å²) in [6, 6.07) is 8.54. The molecular weight excluding hydrogens is 1040 g/mol. The first-order chi connectivity index (χ1) is 38.2. The molecule has 7 heterocycles. The normalized spacial score (nSPS) is 18.6. The van der Waals surface area contributed by atoms with Crippen LogP contribution in [0.25, 0.3) is 32.5 Å². The highest BCUT2D eigenvalue weighted by atomic mass is 32.2. The molecular formula is C54H76N12O10S2. The second-order valence-electron chi connectivity index (χ2n) is 19.8. The van der Waals surface area contributed by atoms with Gasteiger partial charge in [0, 0.05) is 138 Å². The Bertz CT molecular complexity index is 2640. The van der Waals surface area contributed by atoms with Crippen molar-refractivity contribution >= 4 is 85.5 Å². The minimum absolute atomic E-state index is 0.0425. The number of morpholine rings is 1. The van der Waals surface area contributed by atoms with Gasteiger partial charge in [0.1, 0.15) is 0 Å². The maximum atomic E-state index is 13.1. The van der Waals surface area contributed by atoms with Gasteiger partial charge in [-0.05, 0) is 50.3 Å². The Balaban J connectivity index is 0.582. The third-order valence-electron chi connectivity index (χ3n) is 14.1. The van der Waals surface area contributed by atoms with Crippen LogP contribution in [0.2, 0.25) is 0 Å². The van der Waals surface area contributed by atoms with E-state index in [2.05, 4.69) is 52.6 Å². The number of ketones is 1. The van der Waals surface area contributed by atoms with E-state index in [0.29, 0.717) is 109 Å². The Hall–Kier alpha value is -5.76. The fraction of sp³-hybridized carbons (Fsp3) is 0.611. The second-order valence-corrected chi connectivity index (χ2v) is 22.2. The van der Waals surface area contributed by atoms with E-state index in [0.717, 1.165) is 96.7 Å². The van der Waals surface area contributed by atoms with Gasteiger partial charge in [-0.15, -0.1) is 11.3 Å². The largest absolute Gasteiger partial charge is 0.379 e. The maximum absolute atomic E-state index is 13.1. The molecule has 6 amide bonds. The van der Waals surface area contributed by atoms with Crippen LogP contribution in [0.5, 0.6) is 0 Å². The molecule has 22 nitrogen and oxygen atoms in total. The molecule has 0 aliphatic carbocycles. The summed E-state index contributed by atoms with van der Waals surface area (Å²) in [7, 11) is 0. The number of benzene rings is 1. The van der Waals surface area contributed by atoms with E-state index in [4.69, 9.17) is 28.9 Å². The van der Waals surface area contributed by atoms with E-state index < -0.39 is 0 Å². The summed E-state index contributed by atoms with van der Waals surface area (Å²) in [5, 5.41) is 23.2. The van der Waals surface area contributed by atoms with Crippen molar-refractivity contribution in [3.8, 4) is 11.4 Å². The first kappa shape index (κ1) is 58.4. The molecule has 0 unspecified atom stereocenters. The van der Waals surface area contributed by atoms with E-state index >= 15 is 0 Å². The molecule has 4 aliphatic rings. The summed E-state index contributed by atoms with van der Waals surface area (Å²) in [5.41, 5.74) is 2.77. The summed E-state index contributed by atoms with van der Waals surface area (Å²) in [4.78, 5) is 91.7. The van der Waals surface area contributed by atoms with Crippen LogP contribution in [0.15, 0.2) is 42.6 Å². The molecule has 0 radical (unpaired) electrons. The van der Waals surface area contributed by atoms with E-state index in [9.17, 15) is 28.8 Å². The van der Waals surface area contributed by atoms with Gasteiger partial charge in [0.05, 0.1) is 73.7 Å². The van der Waals surface area contributed by atoms with E-state index in [1.807, 2.05) is 41.1 Å². The Labute approximate surface area is 463 Å². The van der Waals surface area contributed by atoms with Gasteiger partial charge in [0.25, 0.3) is 0 Å². The standard InChI is InChI=1S/C54H76N12O10S2/c67-38(15-16-49(71)65-22-20-64(21-23-65)36-39-34-43-51(78-39)53(66-24-28-75-29-25-66)62-52(59-43)40-9-3-10-42-41(40)35-58-63-42)8-5-17-55-47(69)13-4-14-48(70)57-19-7-27-74-31-33-76-32-30-73-26-6-18-56-46(68)12-2-1-11-45-50-44(37-77-45)60-54(72)61-50/h3,5,8-10,34-35,44-45,50H,1-2,4,6-7,11-33,36-37H2,(H,55,69)(H,56,68)(H,57,70)(H,58,63)(H2,60,61,72)/t44-,45-,50-/m0/s1. The number of hydrogen-bond acceptors (Lipinski definition) is 17. The molecule has 4 fully saturated rings. The summed E-state index contributed by atoms with van der Waals surface area (Å²) in [6.07, 6.45) is 10.5. The highest BCUT2D eigenvalue weighted by Gasteiger charge is 2.42. The minimum Gasteiger partial charge on any atom is -0.379 e. The molecule has 0 bridgehead atoms. The van der Waals surface area contributed by atoms with Crippen molar-refractivity contribution in [3.05, 3.63) is 47.5 Å². The molecule has 1 aromatic carbocycles. The van der Waals surface area contributed by atoms with Gasteiger partial charge < -0.3 is 55.3 Å². The number of carbonyl (C=O) groups is 6. The molecule has 424 valence electrons. The summed E-state index contributed by atoms with van der Waals surface area (Å²) in [5.74, 6) is 2.04. The molecule has 8 rings (SSSR count). The van der Waals surface area contributed by atoms with Crippen molar-refractivity contribution in [1.82, 2.24) is 56.5 Å². The molecule has 0 spiro atoms. The number of allylic oxidation sites excluding steroid dienone is 1. The number of urea groups is 1. The molecule has 0 saturated carbocycles. The number of anilines is 1. The van der Waals surface area contributed by atoms with Crippen LogP contribution in [-0.2, 0) is 49.5 Å². The SMILES string of the molecule is O=C(C=CCNC(=O)CCCC(=O)NCCCOCCOCCOCCCNC(=O)CCCC[C@@H]1SC[C@@H]2NC(=O)N[C@@H]21)CCC(=O)N1CCN(Cc2cc3nc(-c4cccc5[nH]ncc45)nc(N4CCOCC4)c3s2)CC1. The quantitative estimate of drug-likeness (QED) is 0.0226. The highest BCUT2D eigenvalue weighted by Crippen LogP contribution is 2.37. The lowest BCUT2D eigenvalue weighted by Crippen LogP contribution is -2.48. The third-order valence-corrected chi connectivity index (χ3v) is 16.7. The number of thiophene rings is 1. The number of carbonyl (C=O) groups excluding carboxylic acids is 6. The first-order valence-corrected chi connectivity index (χ1v) is 29.5. The number of nitrogens with zero attached hydrogens (tertiary/aromatic N) is 6. The average Bonchev–Trinajstić information content (AvgIpc) is 4.39. The Morgan fingerprint density at radius 2 is 1.47 bits per heavy atom. The number of nitrogens with one attached hydrogen (secondary N) is 6. The topological polar surface area (TPSA) is 264 Å². The van der Waals surface area contributed by atoms with Gasteiger partial charge in [-0.25, -0.2) is 14.8 Å². The number of aromatic nitrogens is 4. The predicted molar refractivity (Wildman–Crippen MR) is 299 cm³/mol. The van der Waals surface area contributed by atoms with Gasteiger partial charge in [-0.2, -0.15) is 16.9 Å². The fourth-order valence-electron chi connectivity index (χ4n) is 9.82. The molecule has 4 aliphatic heterocycles. The number of thioether (sulfide) groups is 1. The van der Waals surface area contributed by atoms with Crippen molar-refractivity contribution in [2.24, 2.45) is 0 Å². The molecule has 6 N–H and O–H groups in total. The number of fused-ring (bicyclic) bond motifs is 3. The molecule has 3 atom stereocenters. The highest BCUT2D eigenvalue weighted by molar-refractivity contribution is 8.00. The van der Waals surface area contributed by atoms with Crippen LogP contribution in [0.1, 0.15) is 75.5 Å². The number of ether oxygens (including phenoxy) is 4. The van der Waals surface area contributed by atoms with Gasteiger partial charge in [0.2, 0.25) is 23.6 Å². The van der Waals surface area contributed by atoms with Crippen molar-refractivity contribution < 1.29 is 47.7 Å². The van der Waals surface area contributed by atoms with E-state index in [1.165, 1.54) is 11.0 Å². The van der Waals surface area contributed by atoms with Gasteiger partial charge >= 0.3 is 6.03 Å². The molecule has 78 heavy (non-hydrogen) atoms. The van der Waals surface area contributed by atoms with Gasteiger partial charge in [-0.3, -0.25) is 34.0 Å². The van der Waals surface area contributed by atoms with Crippen LogP contribution in [-0.4, -0.2) is 200 Å². The minimum atomic E-state index is -0.208. The summed E-state index contributed by atoms with van der Waals surface area (Å²) < 4.78 is 23.4. The van der Waals surface area contributed by atoms with Crippen LogP contribution in [0, 0.1) is 0 Å². The summed E-state index contributed by atoms with van der Waals surface area (Å²) >= 11 is 3.61. The Morgan fingerprint density at radius 3 is 2.22 bits per heavy atom. The first-order valence-electron chi connectivity index (χ1n) is 27.6. The third kappa shape index (κ3) is 18.1. The number of hydrogen-bond donors (Lipinski definition) is 6.